The van der Waals surface area contributed by atoms with E-state index in [-0.39, 0.29) is 35.3 Å². The fourth-order valence-corrected chi connectivity index (χ4v) is 3.53. The Hall–Kier alpha value is -0.930. The van der Waals surface area contributed by atoms with E-state index >= 15 is 0 Å². The number of rotatable bonds is 14. The molecule has 1 aromatic carbocycles. The SMILES string of the molecule is CCCCCCCCCCc1ccccc1OC(=O)C(CC(=O)[O-])S(=O)(=O)O.[Na+]. The maximum Gasteiger partial charge on any atom is 1.00 e. The minimum atomic E-state index is -4.92. The van der Waals surface area contributed by atoms with Crippen LogP contribution in [0.25, 0.3) is 0 Å². The van der Waals surface area contributed by atoms with Crippen LogP contribution in [0.4, 0.5) is 0 Å². The number of aryl methyl sites for hydroxylation is 1. The number of ether oxygens (including phenoxy) is 1. The molecule has 0 radical (unpaired) electrons. The van der Waals surface area contributed by atoms with E-state index in [2.05, 4.69) is 6.92 Å². The first-order valence-electron chi connectivity index (χ1n) is 9.71. The summed E-state index contributed by atoms with van der Waals surface area (Å²) in [4.78, 5) is 22.8. The number of hydrogen-bond acceptors (Lipinski definition) is 6. The fourth-order valence-electron chi connectivity index (χ4n) is 2.89. The average molecular weight is 437 g/mol. The van der Waals surface area contributed by atoms with Gasteiger partial charge in [0, 0.05) is 12.4 Å². The molecule has 0 aliphatic carbocycles. The number of carboxylic acid groups (broad SMARTS) is 1. The first-order valence-corrected chi connectivity index (χ1v) is 11.2. The zero-order valence-corrected chi connectivity index (χ0v) is 20.1. The summed E-state index contributed by atoms with van der Waals surface area (Å²) < 4.78 is 36.8. The largest absolute Gasteiger partial charge is 1.00 e. The van der Waals surface area contributed by atoms with E-state index in [4.69, 9.17) is 9.29 Å². The third kappa shape index (κ3) is 11.7. The van der Waals surface area contributed by atoms with Crippen LogP contribution < -0.4 is 39.4 Å². The standard InChI is InChI=1S/C20H30O7S.Na/c1-2-3-4-5-6-7-8-9-12-16-13-10-11-14-17(16)27-20(23)18(15-19(21)22)28(24,25)26;/h10-11,13-14,18H,2-9,12,15H2,1H3,(H,21,22)(H,24,25,26);/q;+1/p-1. The Morgan fingerprint density at radius 2 is 1.59 bits per heavy atom. The second kappa shape index (κ2) is 15.0. The molecule has 0 spiro atoms. The quantitative estimate of drug-likeness (QED) is 0.139. The minimum absolute atomic E-state index is 0. The molecule has 1 aromatic rings. The van der Waals surface area contributed by atoms with Gasteiger partial charge in [-0.15, -0.1) is 0 Å². The zero-order chi connectivity index (χ0) is 21.0. The number of hydrogen-bond donors (Lipinski definition) is 1. The molecule has 1 N–H and O–H groups in total. The average Bonchev–Trinajstić information content (AvgIpc) is 2.62. The molecule has 29 heavy (non-hydrogen) atoms. The van der Waals surface area contributed by atoms with Crippen molar-refractivity contribution in [2.24, 2.45) is 0 Å². The van der Waals surface area contributed by atoms with Gasteiger partial charge >= 0.3 is 35.5 Å². The van der Waals surface area contributed by atoms with Gasteiger partial charge in [-0.2, -0.15) is 8.42 Å². The maximum atomic E-state index is 12.1. The normalized spacial score (nSPS) is 12.1. The van der Waals surface area contributed by atoms with Crippen LogP contribution in [0.5, 0.6) is 5.75 Å². The molecule has 0 bridgehead atoms. The second-order valence-corrected chi connectivity index (χ2v) is 8.43. The Kier molecular flexibility index (Phi) is 14.5. The first-order chi connectivity index (χ1) is 13.3. The van der Waals surface area contributed by atoms with Crippen LogP contribution >= 0.6 is 0 Å². The molecular weight excluding hydrogens is 407 g/mol. The predicted octanol–water partition coefficient (Wildman–Crippen LogP) is -0.324. The number of carbonyl (C=O) groups is 2. The Labute approximate surface area is 195 Å². The van der Waals surface area contributed by atoms with Gasteiger partial charge in [0.1, 0.15) is 5.75 Å². The second-order valence-electron chi connectivity index (χ2n) is 6.83. The molecule has 0 saturated carbocycles. The van der Waals surface area contributed by atoms with Crippen molar-refractivity contribution in [3.8, 4) is 5.75 Å². The van der Waals surface area contributed by atoms with Crippen LogP contribution in [-0.2, 0) is 26.1 Å². The molecule has 0 aliphatic heterocycles. The van der Waals surface area contributed by atoms with Crippen molar-refractivity contribution >= 4 is 22.1 Å². The topological polar surface area (TPSA) is 121 Å². The van der Waals surface area contributed by atoms with Gasteiger partial charge < -0.3 is 14.6 Å². The molecule has 0 fully saturated rings. The molecule has 158 valence electrons. The summed E-state index contributed by atoms with van der Waals surface area (Å²) in [5.41, 5.74) is 0.726. The van der Waals surface area contributed by atoms with Crippen molar-refractivity contribution in [2.45, 2.75) is 76.4 Å². The monoisotopic (exact) mass is 436 g/mol. The van der Waals surface area contributed by atoms with Crippen molar-refractivity contribution < 1.29 is 62.0 Å². The summed E-state index contributed by atoms with van der Waals surface area (Å²) in [5.74, 6) is -2.94. The number of carbonyl (C=O) groups excluding carboxylic acids is 2. The van der Waals surface area contributed by atoms with E-state index in [9.17, 15) is 23.1 Å². The molecule has 7 nitrogen and oxygen atoms in total. The third-order valence-corrected chi connectivity index (χ3v) is 5.54. The number of carboxylic acids is 1. The van der Waals surface area contributed by atoms with Gasteiger partial charge in [-0.1, -0.05) is 70.1 Å². The van der Waals surface area contributed by atoms with Gasteiger partial charge in [0.05, 0.1) is 0 Å². The van der Waals surface area contributed by atoms with Gasteiger partial charge in [0.15, 0.2) is 5.25 Å². The number of benzene rings is 1. The fraction of sp³-hybridized carbons (Fsp3) is 0.600. The van der Waals surface area contributed by atoms with Crippen LogP contribution in [0, 0.1) is 0 Å². The summed E-state index contributed by atoms with van der Waals surface area (Å²) in [7, 11) is -4.92. The predicted molar refractivity (Wildman–Crippen MR) is 103 cm³/mol. The van der Waals surface area contributed by atoms with Crippen molar-refractivity contribution in [3.63, 3.8) is 0 Å². The smallest absolute Gasteiger partial charge is 0.550 e. The Morgan fingerprint density at radius 3 is 2.14 bits per heavy atom. The van der Waals surface area contributed by atoms with Crippen molar-refractivity contribution in [1.29, 1.82) is 0 Å². The molecule has 0 saturated heterocycles. The van der Waals surface area contributed by atoms with Crippen LogP contribution in [0.1, 0.15) is 70.3 Å². The molecule has 0 aromatic heterocycles. The molecule has 0 heterocycles. The third-order valence-electron chi connectivity index (χ3n) is 4.46. The van der Waals surface area contributed by atoms with E-state index in [1.807, 2.05) is 0 Å². The van der Waals surface area contributed by atoms with Crippen molar-refractivity contribution in [1.82, 2.24) is 0 Å². The van der Waals surface area contributed by atoms with E-state index in [1.165, 1.54) is 38.2 Å². The Balaban J connectivity index is 0.00000784. The maximum absolute atomic E-state index is 12.1. The van der Waals surface area contributed by atoms with E-state index in [0.29, 0.717) is 6.42 Å². The zero-order valence-electron chi connectivity index (χ0n) is 17.3. The van der Waals surface area contributed by atoms with Gasteiger partial charge in [-0.05, 0) is 24.5 Å². The van der Waals surface area contributed by atoms with Gasteiger partial charge in [-0.3, -0.25) is 9.35 Å². The van der Waals surface area contributed by atoms with Crippen LogP contribution in [-0.4, -0.2) is 30.2 Å². The van der Waals surface area contributed by atoms with Crippen LogP contribution in [0.15, 0.2) is 24.3 Å². The van der Waals surface area contributed by atoms with E-state index < -0.39 is 33.7 Å². The molecule has 0 aliphatic rings. The molecule has 1 atom stereocenters. The summed E-state index contributed by atoms with van der Waals surface area (Å²) in [5, 5.41) is 8.46. The van der Waals surface area contributed by atoms with E-state index in [1.54, 1.807) is 18.2 Å². The molecule has 0 amide bonds. The van der Waals surface area contributed by atoms with Gasteiger partial charge in [0.25, 0.3) is 10.1 Å². The number of esters is 1. The molecule has 9 heteroatoms. The van der Waals surface area contributed by atoms with Gasteiger partial charge in [0.2, 0.25) is 0 Å². The number of para-hydroxylation sites is 1. The summed E-state index contributed by atoms with van der Waals surface area (Å²) in [6.45, 7) is 2.18. The minimum Gasteiger partial charge on any atom is -0.550 e. The van der Waals surface area contributed by atoms with Crippen LogP contribution in [0.2, 0.25) is 0 Å². The van der Waals surface area contributed by atoms with E-state index in [0.717, 1.165) is 24.8 Å². The van der Waals surface area contributed by atoms with Crippen molar-refractivity contribution in [3.05, 3.63) is 29.8 Å². The number of aliphatic carboxylic acids is 1. The number of unbranched alkanes of at least 4 members (excludes halogenated alkanes) is 7. The molecule has 1 rings (SSSR count). The van der Waals surface area contributed by atoms with Crippen LogP contribution in [0.3, 0.4) is 0 Å². The summed E-state index contributed by atoms with van der Waals surface area (Å²) in [6, 6.07) is 6.68. The molecule has 1 unspecified atom stereocenters. The molecular formula is C20H29NaO7S. The first kappa shape index (κ1) is 28.1. The Bertz CT molecular complexity index is 734. The van der Waals surface area contributed by atoms with Gasteiger partial charge in [-0.25, -0.2) is 0 Å². The Morgan fingerprint density at radius 1 is 1.03 bits per heavy atom. The summed E-state index contributed by atoms with van der Waals surface area (Å²) >= 11 is 0. The van der Waals surface area contributed by atoms with Crippen molar-refractivity contribution in [2.75, 3.05) is 0 Å². The summed E-state index contributed by atoms with van der Waals surface area (Å²) in [6.07, 6.45) is 8.70.